The summed E-state index contributed by atoms with van der Waals surface area (Å²) in [5.74, 6) is -3.07. The number of hydrogen-bond donors (Lipinski definition) is 2. The molecule has 1 unspecified atom stereocenters. The lowest BCUT2D eigenvalue weighted by Gasteiger charge is -2.38. The normalized spacial score (nSPS) is 31.8. The zero-order chi connectivity index (χ0) is 32.1. The number of hydrogen-bond acceptors (Lipinski definition) is 7. The highest BCUT2D eigenvalue weighted by Gasteiger charge is 2.74. The van der Waals surface area contributed by atoms with Gasteiger partial charge in [0.15, 0.2) is 0 Å². The summed E-state index contributed by atoms with van der Waals surface area (Å²) < 4.78 is 12.9. The molecular formula is C34H44BrN3O7. The van der Waals surface area contributed by atoms with Crippen molar-refractivity contribution in [1.29, 1.82) is 0 Å². The lowest BCUT2D eigenvalue weighted by Crippen LogP contribution is -2.57. The predicted octanol–water partition coefficient (Wildman–Crippen LogP) is 3.79. The summed E-state index contributed by atoms with van der Waals surface area (Å²) in [4.78, 5) is 59.4. The maximum absolute atomic E-state index is 14.7. The van der Waals surface area contributed by atoms with Crippen molar-refractivity contribution in [3.8, 4) is 0 Å². The summed E-state index contributed by atoms with van der Waals surface area (Å²) in [5, 5.41) is 12.4. The molecule has 1 aromatic rings. The zero-order valence-corrected chi connectivity index (χ0v) is 27.6. The SMILES string of the molecule is CCCC(C)N1C/C=C\CCC(=O)OC[C@@H](c2ccccc2)NC(=O)[C@@H]2[C@H]3O[C@@]4(C=C3Br)[C@H](C1=O)N(CCCCCO)C(=O)[C@@H]24. The molecule has 5 rings (SSSR count). The summed E-state index contributed by atoms with van der Waals surface area (Å²) in [6.45, 7) is 4.70. The van der Waals surface area contributed by atoms with Crippen LogP contribution in [0.1, 0.15) is 70.4 Å². The first kappa shape index (κ1) is 33.3. The first-order valence-electron chi connectivity index (χ1n) is 16.2. The number of benzene rings is 1. The Hall–Kier alpha value is -3.02. The monoisotopic (exact) mass is 685 g/mol. The van der Waals surface area contributed by atoms with Crippen molar-refractivity contribution in [2.24, 2.45) is 11.8 Å². The van der Waals surface area contributed by atoms with Crippen LogP contribution in [0, 0.1) is 11.8 Å². The van der Waals surface area contributed by atoms with Gasteiger partial charge in [-0.05, 0) is 50.7 Å². The van der Waals surface area contributed by atoms with E-state index >= 15 is 0 Å². The van der Waals surface area contributed by atoms with Crippen LogP contribution >= 0.6 is 15.9 Å². The number of nitrogens with one attached hydrogen (secondary N) is 1. The number of ether oxygens (including phenoxy) is 2. The second kappa shape index (κ2) is 14.6. The number of nitrogens with zero attached hydrogens (tertiary/aromatic N) is 2. The minimum Gasteiger partial charge on any atom is -0.463 e. The number of halogens is 1. The lowest BCUT2D eigenvalue weighted by molar-refractivity contribution is -0.149. The van der Waals surface area contributed by atoms with Crippen LogP contribution in [0.15, 0.2) is 53.0 Å². The average Bonchev–Trinajstić information content (AvgIpc) is 3.62. The molecule has 2 N–H and O–H groups in total. The van der Waals surface area contributed by atoms with E-state index < -0.39 is 41.5 Å². The quantitative estimate of drug-likeness (QED) is 0.230. The maximum Gasteiger partial charge on any atom is 0.306 e. The Morgan fingerprint density at radius 3 is 2.60 bits per heavy atom. The van der Waals surface area contributed by atoms with Crippen molar-refractivity contribution >= 4 is 39.6 Å². The number of esters is 1. The van der Waals surface area contributed by atoms with E-state index in [0.717, 1.165) is 18.4 Å². The van der Waals surface area contributed by atoms with Crippen molar-refractivity contribution in [2.45, 2.75) is 88.6 Å². The van der Waals surface area contributed by atoms with Crippen molar-refractivity contribution in [2.75, 3.05) is 26.3 Å². The molecule has 244 valence electrons. The predicted molar refractivity (Wildman–Crippen MR) is 171 cm³/mol. The van der Waals surface area contributed by atoms with Crippen molar-refractivity contribution in [3.63, 3.8) is 0 Å². The van der Waals surface area contributed by atoms with Crippen LogP contribution in [0.25, 0.3) is 0 Å². The molecule has 5 bridgehead atoms. The molecular weight excluding hydrogens is 642 g/mol. The zero-order valence-electron chi connectivity index (χ0n) is 26.0. The van der Waals surface area contributed by atoms with Gasteiger partial charge in [0.25, 0.3) is 0 Å². The molecule has 0 saturated carbocycles. The van der Waals surface area contributed by atoms with Crippen LogP contribution < -0.4 is 5.32 Å². The molecule has 0 aromatic heterocycles. The smallest absolute Gasteiger partial charge is 0.306 e. The van der Waals surface area contributed by atoms with Crippen LogP contribution in [-0.4, -0.2) is 88.7 Å². The second-order valence-electron chi connectivity index (χ2n) is 12.4. The number of amides is 3. The van der Waals surface area contributed by atoms with E-state index in [1.165, 1.54) is 0 Å². The number of aliphatic hydroxyl groups is 1. The standard InChI is InChI=1S/C34H44BrN3O7/c1-3-13-22(2)37-17-10-5-9-16-26(40)44-21-25(23-14-7-4-8-15-23)36-31(41)27-28-32(42)38(18-11-6-12-19-39)30(33(37)43)34(28)20-24(35)29(27)45-34/h4-5,7-8,10,14-15,20,22,25,27-30,39H,3,6,9,11-13,16-19,21H2,1-2H3,(H,36,41)/b10-5-/t22?,25-,27-,28+,29-,30-,34+/m0/s1. The van der Waals surface area contributed by atoms with Gasteiger partial charge in [0.1, 0.15) is 24.4 Å². The van der Waals surface area contributed by atoms with Crippen LogP contribution in [0.4, 0.5) is 0 Å². The molecule has 10 nitrogen and oxygen atoms in total. The third kappa shape index (κ3) is 6.62. The van der Waals surface area contributed by atoms with Crippen molar-refractivity contribution in [1.82, 2.24) is 15.1 Å². The second-order valence-corrected chi connectivity index (χ2v) is 13.4. The molecule has 11 heteroatoms. The fourth-order valence-electron chi connectivity index (χ4n) is 7.25. The number of fused-ring (bicyclic) bond motifs is 2. The molecule has 3 amide bonds. The molecule has 2 fully saturated rings. The van der Waals surface area contributed by atoms with Crippen molar-refractivity contribution in [3.05, 3.63) is 58.6 Å². The Morgan fingerprint density at radius 2 is 1.87 bits per heavy atom. The van der Waals surface area contributed by atoms with Gasteiger partial charge in [0.2, 0.25) is 17.7 Å². The van der Waals surface area contributed by atoms with E-state index in [4.69, 9.17) is 9.47 Å². The fraction of sp³-hybridized carbons (Fsp3) is 0.588. The number of carbonyl (C=O) groups excluding carboxylic acids is 4. The number of aliphatic hydroxyl groups excluding tert-OH is 1. The van der Waals surface area contributed by atoms with E-state index in [1.807, 2.05) is 55.5 Å². The van der Waals surface area contributed by atoms with E-state index in [1.54, 1.807) is 9.80 Å². The third-order valence-electron chi connectivity index (χ3n) is 9.45. The lowest BCUT2D eigenvalue weighted by atomic mass is 9.74. The first-order chi connectivity index (χ1) is 21.7. The Kier molecular flexibility index (Phi) is 10.8. The molecule has 2 saturated heterocycles. The largest absolute Gasteiger partial charge is 0.463 e. The molecule has 1 spiro atoms. The number of cyclic esters (lactones) is 1. The van der Waals surface area contributed by atoms with E-state index in [-0.39, 0.29) is 43.5 Å². The van der Waals surface area contributed by atoms with Crippen LogP contribution in [-0.2, 0) is 28.7 Å². The van der Waals surface area contributed by atoms with Gasteiger partial charge in [-0.25, -0.2) is 0 Å². The fourth-order valence-corrected chi connectivity index (χ4v) is 7.99. The van der Waals surface area contributed by atoms with E-state index in [0.29, 0.717) is 43.3 Å². The average molecular weight is 687 g/mol. The summed E-state index contributed by atoms with van der Waals surface area (Å²) >= 11 is 3.62. The molecule has 4 aliphatic rings. The minimum absolute atomic E-state index is 0.0537. The number of allylic oxidation sites excluding steroid dienone is 1. The summed E-state index contributed by atoms with van der Waals surface area (Å²) in [6, 6.07) is 7.58. The Labute approximate surface area is 273 Å². The van der Waals surface area contributed by atoms with Gasteiger partial charge in [-0.1, -0.05) is 71.8 Å². The van der Waals surface area contributed by atoms with Gasteiger partial charge in [-0.3, -0.25) is 19.2 Å². The molecule has 1 aromatic carbocycles. The highest BCUT2D eigenvalue weighted by Crippen LogP contribution is 2.58. The molecule has 4 heterocycles. The highest BCUT2D eigenvalue weighted by atomic mass is 79.9. The number of likely N-dealkylation sites (tertiary alicyclic amines) is 1. The van der Waals surface area contributed by atoms with Gasteiger partial charge in [0, 0.05) is 36.6 Å². The van der Waals surface area contributed by atoms with Crippen LogP contribution in [0.2, 0.25) is 0 Å². The van der Waals surface area contributed by atoms with Gasteiger partial charge in [0.05, 0.1) is 17.9 Å². The van der Waals surface area contributed by atoms with Gasteiger partial charge >= 0.3 is 5.97 Å². The van der Waals surface area contributed by atoms with Gasteiger partial charge in [-0.2, -0.15) is 0 Å². The Morgan fingerprint density at radius 1 is 1.09 bits per heavy atom. The number of carbonyl (C=O) groups is 4. The summed E-state index contributed by atoms with van der Waals surface area (Å²) in [6.07, 6.45) is 9.04. The molecule has 45 heavy (non-hydrogen) atoms. The molecule has 7 atom stereocenters. The number of rotatable bonds is 9. The maximum atomic E-state index is 14.7. The Balaban J connectivity index is 1.57. The van der Waals surface area contributed by atoms with Gasteiger partial charge in [-0.15, -0.1) is 0 Å². The minimum atomic E-state index is -1.31. The van der Waals surface area contributed by atoms with E-state index in [2.05, 4.69) is 28.2 Å². The topological polar surface area (TPSA) is 125 Å². The number of unbranched alkanes of at least 4 members (excludes halogenated alkanes) is 2. The summed E-state index contributed by atoms with van der Waals surface area (Å²) in [5.41, 5.74) is -0.547. The molecule has 0 aliphatic carbocycles. The van der Waals surface area contributed by atoms with Gasteiger partial charge < -0.3 is 29.7 Å². The Bertz CT molecular complexity index is 1320. The van der Waals surface area contributed by atoms with Crippen LogP contribution in [0.3, 0.4) is 0 Å². The third-order valence-corrected chi connectivity index (χ3v) is 10.1. The molecule has 4 aliphatic heterocycles. The highest BCUT2D eigenvalue weighted by molar-refractivity contribution is 9.11. The van der Waals surface area contributed by atoms with Crippen molar-refractivity contribution < 1.29 is 33.8 Å². The van der Waals surface area contributed by atoms with E-state index in [9.17, 15) is 24.3 Å². The van der Waals surface area contributed by atoms with Crippen LogP contribution in [0.5, 0.6) is 0 Å². The molecule has 0 radical (unpaired) electrons. The summed E-state index contributed by atoms with van der Waals surface area (Å²) in [7, 11) is 0. The first-order valence-corrected chi connectivity index (χ1v) is 17.0.